The van der Waals surface area contributed by atoms with Crippen LogP contribution in [0, 0.1) is 5.41 Å². The number of ether oxygens (including phenoxy) is 1. The fraction of sp³-hybridized carbons (Fsp3) is 0.571. The third-order valence-corrected chi connectivity index (χ3v) is 4.30. The highest BCUT2D eigenvalue weighted by Crippen LogP contribution is 2.51. The molecule has 0 aromatic carbocycles. The molecule has 0 radical (unpaired) electrons. The summed E-state index contributed by atoms with van der Waals surface area (Å²) in [6, 6.07) is 1.49. The van der Waals surface area contributed by atoms with Gasteiger partial charge < -0.3 is 15.2 Å². The lowest BCUT2D eigenvalue weighted by atomic mass is 9.54. The number of carbonyl (C=O) groups is 2. The topological polar surface area (TPSA) is 101 Å². The fourth-order valence-corrected chi connectivity index (χ4v) is 2.73. The molecule has 2 rings (SSSR count). The van der Waals surface area contributed by atoms with Crippen LogP contribution in [0.15, 0.2) is 18.5 Å². The SMILES string of the molecule is CCOC1CC(NC(=O)c2ccnnc2)(C(=O)O)C1(C)C. The van der Waals surface area contributed by atoms with Crippen molar-refractivity contribution in [2.45, 2.75) is 38.8 Å². The van der Waals surface area contributed by atoms with Crippen LogP contribution in [0.25, 0.3) is 0 Å². The van der Waals surface area contributed by atoms with Crippen molar-refractivity contribution in [2.75, 3.05) is 6.61 Å². The first-order valence-corrected chi connectivity index (χ1v) is 6.79. The van der Waals surface area contributed by atoms with Gasteiger partial charge in [0.15, 0.2) is 0 Å². The standard InChI is InChI=1S/C14H19N3O4/c1-4-21-10-7-14(12(19)20,13(10,2)3)17-11(18)9-5-6-15-16-8-9/h5-6,8,10H,4,7H2,1-3H3,(H,17,18)(H,19,20). The number of hydrogen-bond donors (Lipinski definition) is 2. The van der Waals surface area contributed by atoms with Crippen molar-refractivity contribution in [3.63, 3.8) is 0 Å². The average Bonchev–Trinajstić information content (AvgIpc) is 2.46. The fourth-order valence-electron chi connectivity index (χ4n) is 2.73. The molecule has 7 heteroatoms. The Kier molecular flexibility index (Phi) is 3.95. The van der Waals surface area contributed by atoms with Gasteiger partial charge in [0, 0.05) is 18.4 Å². The molecular weight excluding hydrogens is 274 g/mol. The summed E-state index contributed by atoms with van der Waals surface area (Å²) < 4.78 is 5.55. The van der Waals surface area contributed by atoms with Crippen molar-refractivity contribution in [3.8, 4) is 0 Å². The van der Waals surface area contributed by atoms with Crippen molar-refractivity contribution in [3.05, 3.63) is 24.0 Å². The molecule has 1 saturated carbocycles. The highest BCUT2D eigenvalue weighted by molar-refractivity contribution is 5.98. The Balaban J connectivity index is 2.22. The Labute approximate surface area is 122 Å². The normalized spacial score (nSPS) is 26.7. The van der Waals surface area contributed by atoms with Gasteiger partial charge in [-0.1, -0.05) is 13.8 Å². The largest absolute Gasteiger partial charge is 0.479 e. The molecule has 2 atom stereocenters. The summed E-state index contributed by atoms with van der Waals surface area (Å²) in [5, 5.41) is 19.5. The highest BCUT2D eigenvalue weighted by atomic mass is 16.5. The third kappa shape index (κ3) is 2.37. The van der Waals surface area contributed by atoms with Crippen molar-refractivity contribution < 1.29 is 19.4 Å². The molecule has 1 aromatic heterocycles. The molecule has 7 nitrogen and oxygen atoms in total. The monoisotopic (exact) mass is 293 g/mol. The van der Waals surface area contributed by atoms with E-state index in [0.717, 1.165) is 0 Å². The Morgan fingerprint density at radius 3 is 2.67 bits per heavy atom. The van der Waals surface area contributed by atoms with E-state index in [0.29, 0.717) is 6.61 Å². The second-order valence-electron chi connectivity index (χ2n) is 5.67. The van der Waals surface area contributed by atoms with Gasteiger partial charge in [0.25, 0.3) is 5.91 Å². The van der Waals surface area contributed by atoms with Gasteiger partial charge in [-0.15, -0.1) is 0 Å². The number of aliphatic carboxylic acids is 1. The molecule has 1 heterocycles. The van der Waals surface area contributed by atoms with Gasteiger partial charge in [-0.25, -0.2) is 4.79 Å². The van der Waals surface area contributed by atoms with Crippen LogP contribution in [-0.4, -0.2) is 45.4 Å². The van der Waals surface area contributed by atoms with Crippen LogP contribution >= 0.6 is 0 Å². The summed E-state index contributed by atoms with van der Waals surface area (Å²) in [7, 11) is 0. The predicted octanol–water partition coefficient (Wildman–Crippen LogP) is 0.865. The molecule has 1 aromatic rings. The van der Waals surface area contributed by atoms with Crippen LogP contribution in [0.4, 0.5) is 0 Å². The zero-order valence-corrected chi connectivity index (χ0v) is 12.3. The zero-order chi connectivity index (χ0) is 15.7. The molecule has 21 heavy (non-hydrogen) atoms. The smallest absolute Gasteiger partial charge is 0.330 e. The molecule has 1 aliphatic carbocycles. The minimum atomic E-state index is -1.34. The summed E-state index contributed by atoms with van der Waals surface area (Å²) in [6.45, 7) is 5.94. The van der Waals surface area contributed by atoms with Gasteiger partial charge in [-0.3, -0.25) is 4.79 Å². The molecule has 0 aliphatic heterocycles. The number of amides is 1. The van der Waals surface area contributed by atoms with Crippen LogP contribution in [0.5, 0.6) is 0 Å². The summed E-state index contributed by atoms with van der Waals surface area (Å²) in [4.78, 5) is 24.0. The van der Waals surface area contributed by atoms with E-state index in [9.17, 15) is 14.7 Å². The van der Waals surface area contributed by atoms with Crippen molar-refractivity contribution in [1.82, 2.24) is 15.5 Å². The van der Waals surface area contributed by atoms with Crippen LogP contribution in [0.1, 0.15) is 37.6 Å². The number of rotatable bonds is 5. The van der Waals surface area contributed by atoms with Crippen molar-refractivity contribution in [1.29, 1.82) is 0 Å². The molecule has 0 saturated heterocycles. The van der Waals surface area contributed by atoms with E-state index in [4.69, 9.17) is 4.74 Å². The van der Waals surface area contributed by atoms with Gasteiger partial charge in [0.2, 0.25) is 0 Å². The number of carboxylic acid groups (broad SMARTS) is 1. The molecule has 0 spiro atoms. The summed E-state index contributed by atoms with van der Waals surface area (Å²) in [5.41, 5.74) is -1.76. The van der Waals surface area contributed by atoms with E-state index in [-0.39, 0.29) is 18.1 Å². The Morgan fingerprint density at radius 2 is 2.19 bits per heavy atom. The molecule has 1 aliphatic rings. The Bertz CT molecular complexity index is 546. The first-order valence-electron chi connectivity index (χ1n) is 6.79. The van der Waals surface area contributed by atoms with Crippen LogP contribution in [0.3, 0.4) is 0 Å². The average molecular weight is 293 g/mol. The third-order valence-electron chi connectivity index (χ3n) is 4.30. The number of nitrogens with zero attached hydrogens (tertiary/aromatic N) is 2. The van der Waals surface area contributed by atoms with E-state index < -0.39 is 22.8 Å². The minimum absolute atomic E-state index is 0.200. The summed E-state index contributed by atoms with van der Waals surface area (Å²) in [5.74, 6) is -1.53. The molecule has 2 N–H and O–H groups in total. The van der Waals surface area contributed by atoms with Gasteiger partial charge >= 0.3 is 5.97 Å². The number of nitrogens with one attached hydrogen (secondary N) is 1. The van der Waals surface area contributed by atoms with Gasteiger partial charge in [-0.05, 0) is 13.0 Å². The van der Waals surface area contributed by atoms with E-state index in [2.05, 4.69) is 15.5 Å². The lowest BCUT2D eigenvalue weighted by Crippen LogP contribution is -2.76. The molecule has 1 amide bonds. The Morgan fingerprint density at radius 1 is 1.48 bits per heavy atom. The molecular formula is C14H19N3O4. The molecule has 114 valence electrons. The second kappa shape index (κ2) is 5.40. The maximum Gasteiger partial charge on any atom is 0.330 e. The van der Waals surface area contributed by atoms with E-state index >= 15 is 0 Å². The summed E-state index contributed by atoms with van der Waals surface area (Å²) in [6.07, 6.45) is 2.73. The number of hydrogen-bond acceptors (Lipinski definition) is 5. The highest BCUT2D eigenvalue weighted by Gasteiger charge is 2.66. The van der Waals surface area contributed by atoms with E-state index in [1.807, 2.05) is 6.92 Å². The van der Waals surface area contributed by atoms with Crippen LogP contribution in [0.2, 0.25) is 0 Å². The molecule has 1 fully saturated rings. The van der Waals surface area contributed by atoms with Crippen molar-refractivity contribution in [2.24, 2.45) is 5.41 Å². The van der Waals surface area contributed by atoms with Crippen LogP contribution < -0.4 is 5.32 Å². The molecule has 2 unspecified atom stereocenters. The Hall–Kier alpha value is -2.02. The second-order valence-corrected chi connectivity index (χ2v) is 5.67. The predicted molar refractivity (Wildman–Crippen MR) is 73.7 cm³/mol. The maximum absolute atomic E-state index is 12.2. The number of carbonyl (C=O) groups excluding carboxylic acids is 1. The molecule has 0 bridgehead atoms. The van der Waals surface area contributed by atoms with Crippen LogP contribution in [-0.2, 0) is 9.53 Å². The lowest BCUT2D eigenvalue weighted by Gasteiger charge is -2.58. The number of carboxylic acids is 1. The van der Waals surface area contributed by atoms with Crippen molar-refractivity contribution >= 4 is 11.9 Å². The van der Waals surface area contributed by atoms with Gasteiger partial charge in [0.1, 0.15) is 5.54 Å². The first-order chi connectivity index (χ1) is 9.85. The van der Waals surface area contributed by atoms with E-state index in [1.165, 1.54) is 18.5 Å². The van der Waals surface area contributed by atoms with Gasteiger partial charge in [0.05, 0.1) is 24.1 Å². The maximum atomic E-state index is 12.2. The lowest BCUT2D eigenvalue weighted by molar-refractivity contribution is -0.190. The number of aromatic nitrogens is 2. The first kappa shape index (κ1) is 15.4. The summed E-state index contributed by atoms with van der Waals surface area (Å²) >= 11 is 0. The zero-order valence-electron chi connectivity index (χ0n) is 12.3. The minimum Gasteiger partial charge on any atom is -0.479 e. The van der Waals surface area contributed by atoms with Gasteiger partial charge in [-0.2, -0.15) is 10.2 Å². The van der Waals surface area contributed by atoms with E-state index in [1.54, 1.807) is 13.8 Å². The quantitative estimate of drug-likeness (QED) is 0.835.